The molecule has 2 fully saturated rings. The molecule has 2 aromatic rings. The van der Waals surface area contributed by atoms with Crippen molar-refractivity contribution >= 4 is 17.2 Å². The second kappa shape index (κ2) is 7.09. The first-order chi connectivity index (χ1) is 12.2. The Morgan fingerprint density at radius 1 is 1.28 bits per heavy atom. The van der Waals surface area contributed by atoms with Gasteiger partial charge in [0.1, 0.15) is 11.8 Å². The Balaban J connectivity index is 1.53. The van der Waals surface area contributed by atoms with E-state index in [9.17, 15) is 9.59 Å². The molecular weight excluding hydrogens is 338 g/mol. The van der Waals surface area contributed by atoms with E-state index in [-0.39, 0.29) is 23.6 Å². The maximum atomic E-state index is 12.7. The van der Waals surface area contributed by atoms with Gasteiger partial charge in [0.25, 0.3) is 11.5 Å². The summed E-state index contributed by atoms with van der Waals surface area (Å²) in [6.07, 6.45) is 3.30. The van der Waals surface area contributed by atoms with Crippen LogP contribution in [0.25, 0.3) is 10.6 Å². The van der Waals surface area contributed by atoms with Gasteiger partial charge in [0.15, 0.2) is 0 Å². The monoisotopic (exact) mass is 359 g/mol. The molecule has 0 saturated carbocycles. The van der Waals surface area contributed by atoms with Crippen LogP contribution in [0.1, 0.15) is 25.7 Å². The molecule has 0 bridgehead atoms. The number of nitrogens with zero attached hydrogens (tertiary/aromatic N) is 3. The van der Waals surface area contributed by atoms with Crippen LogP contribution in [0.3, 0.4) is 0 Å². The number of amides is 1. The summed E-state index contributed by atoms with van der Waals surface area (Å²) in [6.45, 7) is 1.85. The molecule has 25 heavy (non-hydrogen) atoms. The van der Waals surface area contributed by atoms with Gasteiger partial charge in [-0.25, -0.2) is 4.68 Å². The van der Waals surface area contributed by atoms with E-state index < -0.39 is 0 Å². The normalized spacial score (nSPS) is 23.3. The number of hydrogen-bond donors (Lipinski definition) is 0. The van der Waals surface area contributed by atoms with Crippen molar-refractivity contribution in [1.29, 1.82) is 0 Å². The number of likely N-dealkylation sites (tertiary alicyclic amines) is 1. The predicted molar refractivity (Wildman–Crippen MR) is 95.5 cm³/mol. The highest BCUT2D eigenvalue weighted by atomic mass is 32.1. The van der Waals surface area contributed by atoms with Gasteiger partial charge in [-0.15, -0.1) is 11.3 Å². The minimum Gasteiger partial charge on any atom is -0.368 e. The standard InChI is InChI=1S/C18H21N3O3S/c22-17-8-7-14(16-6-3-11-25-16)19-21(17)12-13-4-1-9-20(13)18(23)15-5-2-10-24-15/h3,6-8,11,13,15H,1-2,4-5,9-10,12H2/t13-,15+/m1/s1. The summed E-state index contributed by atoms with van der Waals surface area (Å²) >= 11 is 1.60. The van der Waals surface area contributed by atoms with E-state index in [0.29, 0.717) is 13.2 Å². The summed E-state index contributed by atoms with van der Waals surface area (Å²) in [4.78, 5) is 27.8. The van der Waals surface area contributed by atoms with Crippen LogP contribution in [0.4, 0.5) is 0 Å². The lowest BCUT2D eigenvalue weighted by Gasteiger charge is -2.27. The molecule has 0 radical (unpaired) electrons. The Kier molecular flexibility index (Phi) is 4.67. The fourth-order valence-corrected chi connectivity index (χ4v) is 4.30. The molecule has 7 heteroatoms. The summed E-state index contributed by atoms with van der Waals surface area (Å²) in [7, 11) is 0. The zero-order chi connectivity index (χ0) is 17.2. The van der Waals surface area contributed by atoms with Crippen LogP contribution >= 0.6 is 11.3 Å². The second-order valence-electron chi connectivity index (χ2n) is 6.55. The third kappa shape index (κ3) is 3.39. The lowest BCUT2D eigenvalue weighted by atomic mass is 10.2. The lowest BCUT2D eigenvalue weighted by Crippen LogP contribution is -2.45. The molecule has 0 aromatic carbocycles. The lowest BCUT2D eigenvalue weighted by molar-refractivity contribution is -0.142. The Labute approximate surface area is 150 Å². The Morgan fingerprint density at radius 3 is 2.96 bits per heavy atom. The average molecular weight is 359 g/mol. The van der Waals surface area contributed by atoms with Crippen molar-refractivity contribution < 1.29 is 9.53 Å². The van der Waals surface area contributed by atoms with E-state index in [1.165, 1.54) is 4.68 Å². The molecule has 2 saturated heterocycles. The Hall–Kier alpha value is -1.99. The highest BCUT2D eigenvalue weighted by Gasteiger charge is 2.35. The molecule has 4 heterocycles. The van der Waals surface area contributed by atoms with Crippen molar-refractivity contribution in [3.8, 4) is 10.6 Å². The maximum absolute atomic E-state index is 12.7. The van der Waals surface area contributed by atoms with Crippen molar-refractivity contribution in [2.75, 3.05) is 13.2 Å². The highest BCUT2D eigenvalue weighted by Crippen LogP contribution is 2.24. The van der Waals surface area contributed by atoms with E-state index in [0.717, 1.165) is 42.8 Å². The van der Waals surface area contributed by atoms with Crippen LogP contribution in [0.2, 0.25) is 0 Å². The first-order valence-corrected chi connectivity index (χ1v) is 9.64. The number of aromatic nitrogens is 2. The predicted octanol–water partition coefficient (Wildman–Crippen LogP) is 2.14. The summed E-state index contributed by atoms with van der Waals surface area (Å²) in [6, 6.07) is 7.29. The van der Waals surface area contributed by atoms with Gasteiger partial charge >= 0.3 is 0 Å². The number of rotatable bonds is 4. The molecule has 132 valence electrons. The Bertz CT molecular complexity index is 796. The van der Waals surface area contributed by atoms with Crippen LogP contribution < -0.4 is 5.56 Å². The van der Waals surface area contributed by atoms with Gasteiger partial charge in [0.2, 0.25) is 0 Å². The zero-order valence-corrected chi connectivity index (χ0v) is 14.8. The summed E-state index contributed by atoms with van der Waals surface area (Å²) in [5.74, 6) is 0.0717. The van der Waals surface area contributed by atoms with Crippen molar-refractivity contribution in [2.24, 2.45) is 0 Å². The molecule has 0 aliphatic carbocycles. The first kappa shape index (κ1) is 16.5. The van der Waals surface area contributed by atoms with E-state index in [1.54, 1.807) is 23.5 Å². The second-order valence-corrected chi connectivity index (χ2v) is 7.49. The van der Waals surface area contributed by atoms with Crippen molar-refractivity contribution in [2.45, 2.75) is 44.4 Å². The Morgan fingerprint density at radius 2 is 2.20 bits per heavy atom. The van der Waals surface area contributed by atoms with Crippen LogP contribution in [-0.2, 0) is 16.1 Å². The van der Waals surface area contributed by atoms with Gasteiger partial charge in [0, 0.05) is 19.2 Å². The van der Waals surface area contributed by atoms with Crippen LogP contribution in [-0.4, -0.2) is 45.9 Å². The molecule has 2 aliphatic heterocycles. The van der Waals surface area contributed by atoms with E-state index in [4.69, 9.17) is 4.74 Å². The van der Waals surface area contributed by atoms with E-state index in [2.05, 4.69) is 5.10 Å². The summed E-state index contributed by atoms with van der Waals surface area (Å²) < 4.78 is 7.04. The minimum absolute atomic E-state index is 0.0143. The molecule has 2 aliphatic rings. The third-order valence-electron chi connectivity index (χ3n) is 4.89. The molecule has 2 atom stereocenters. The topological polar surface area (TPSA) is 64.4 Å². The largest absolute Gasteiger partial charge is 0.368 e. The molecule has 0 spiro atoms. The number of carbonyl (C=O) groups excluding carboxylic acids is 1. The minimum atomic E-state index is -0.303. The zero-order valence-electron chi connectivity index (χ0n) is 14.0. The van der Waals surface area contributed by atoms with Crippen molar-refractivity contribution in [1.82, 2.24) is 14.7 Å². The number of thiophene rings is 1. The average Bonchev–Trinajstić information content (AvgIpc) is 3.38. The fourth-order valence-electron chi connectivity index (χ4n) is 3.61. The van der Waals surface area contributed by atoms with Crippen molar-refractivity contribution in [3.63, 3.8) is 0 Å². The molecule has 2 aromatic heterocycles. The number of ether oxygens (including phenoxy) is 1. The third-order valence-corrected chi connectivity index (χ3v) is 5.78. The van der Waals surface area contributed by atoms with Gasteiger partial charge in [0.05, 0.1) is 17.5 Å². The van der Waals surface area contributed by atoms with Crippen LogP contribution in [0, 0.1) is 0 Å². The van der Waals surface area contributed by atoms with E-state index in [1.807, 2.05) is 22.4 Å². The smallest absolute Gasteiger partial charge is 0.266 e. The number of hydrogen-bond acceptors (Lipinski definition) is 5. The quantitative estimate of drug-likeness (QED) is 0.839. The fraction of sp³-hybridized carbons (Fsp3) is 0.500. The van der Waals surface area contributed by atoms with Crippen LogP contribution in [0.5, 0.6) is 0 Å². The van der Waals surface area contributed by atoms with Gasteiger partial charge in [-0.3, -0.25) is 9.59 Å². The maximum Gasteiger partial charge on any atom is 0.266 e. The summed E-state index contributed by atoms with van der Waals surface area (Å²) in [5.41, 5.74) is 0.668. The van der Waals surface area contributed by atoms with Gasteiger partial charge in [-0.05, 0) is 43.2 Å². The molecule has 1 amide bonds. The highest BCUT2D eigenvalue weighted by molar-refractivity contribution is 7.13. The SMILES string of the molecule is O=C([C@@H]1CCCO1)N1CCC[C@@H]1Cn1nc(-c2cccs2)ccc1=O. The summed E-state index contributed by atoms with van der Waals surface area (Å²) in [5, 5.41) is 6.51. The first-order valence-electron chi connectivity index (χ1n) is 8.76. The molecule has 6 nitrogen and oxygen atoms in total. The molecule has 4 rings (SSSR count). The molecule has 0 unspecified atom stereocenters. The molecule has 0 N–H and O–H groups in total. The van der Waals surface area contributed by atoms with Gasteiger partial charge in [-0.2, -0.15) is 5.10 Å². The van der Waals surface area contributed by atoms with Gasteiger partial charge in [-0.1, -0.05) is 6.07 Å². The van der Waals surface area contributed by atoms with E-state index >= 15 is 0 Å². The van der Waals surface area contributed by atoms with Crippen molar-refractivity contribution in [3.05, 3.63) is 40.0 Å². The molecular formula is C18H21N3O3S. The van der Waals surface area contributed by atoms with Gasteiger partial charge < -0.3 is 9.64 Å². The van der Waals surface area contributed by atoms with Crippen LogP contribution in [0.15, 0.2) is 34.4 Å². The number of carbonyl (C=O) groups is 1.